The van der Waals surface area contributed by atoms with E-state index in [2.05, 4.69) is 0 Å². The average Bonchev–Trinajstić information content (AvgIpc) is 2.63. The molecule has 3 rings (SSSR count). The molecule has 1 heterocycles. The minimum Gasteiger partial charge on any atom is -0.692 e. The predicted octanol–water partition coefficient (Wildman–Crippen LogP) is 2.79. The molecule has 0 spiro atoms. The van der Waals surface area contributed by atoms with Gasteiger partial charge in [0.25, 0.3) is 5.84 Å². The highest BCUT2D eigenvalue weighted by Gasteiger charge is 2.31. The molecule has 23 heavy (non-hydrogen) atoms. The Balaban J connectivity index is 2.39. The standard InChI is InChI=1S/C17H15N3O3/c1-11-15(12-7-3-2-4-8-12)13-9-5-6-10-14(13)19(17(21)22)20(23)16(11)18/h2-10H,18H2,1H3,(H,21,22). The summed E-state index contributed by atoms with van der Waals surface area (Å²) in [6, 6.07) is 16.3. The zero-order chi connectivity index (χ0) is 16.6. The zero-order valence-corrected chi connectivity index (χ0v) is 12.4. The van der Waals surface area contributed by atoms with E-state index in [-0.39, 0.29) is 16.4 Å². The second-order valence-electron chi connectivity index (χ2n) is 5.14. The molecule has 1 amide bonds. The van der Waals surface area contributed by atoms with Crippen molar-refractivity contribution < 1.29 is 14.7 Å². The number of fused-ring (bicyclic) bond motifs is 1. The molecule has 1 aliphatic heterocycles. The van der Waals surface area contributed by atoms with Crippen LogP contribution >= 0.6 is 0 Å². The third-order valence-corrected chi connectivity index (χ3v) is 3.79. The van der Waals surface area contributed by atoms with Crippen LogP contribution in [0.5, 0.6) is 0 Å². The van der Waals surface area contributed by atoms with Crippen LogP contribution in [0.3, 0.4) is 0 Å². The van der Waals surface area contributed by atoms with Crippen LogP contribution in [-0.2, 0) is 0 Å². The number of hydrogen-bond acceptors (Lipinski definition) is 3. The predicted molar refractivity (Wildman–Crippen MR) is 87.9 cm³/mol. The molecule has 116 valence electrons. The van der Waals surface area contributed by atoms with Crippen molar-refractivity contribution >= 4 is 23.2 Å². The minimum absolute atomic E-state index is 0.151. The van der Waals surface area contributed by atoms with Crippen molar-refractivity contribution in [3.63, 3.8) is 0 Å². The van der Waals surface area contributed by atoms with Gasteiger partial charge < -0.3 is 10.3 Å². The first-order valence-electron chi connectivity index (χ1n) is 7.01. The van der Waals surface area contributed by atoms with Gasteiger partial charge in [-0.15, -0.1) is 9.86 Å². The fourth-order valence-electron chi connectivity index (χ4n) is 2.71. The van der Waals surface area contributed by atoms with Crippen LogP contribution in [0.15, 0.2) is 60.2 Å². The highest BCUT2D eigenvalue weighted by molar-refractivity contribution is 6.08. The van der Waals surface area contributed by atoms with Gasteiger partial charge in [0.05, 0.1) is 5.69 Å². The van der Waals surface area contributed by atoms with E-state index in [1.54, 1.807) is 31.2 Å². The monoisotopic (exact) mass is 309 g/mol. The van der Waals surface area contributed by atoms with Gasteiger partial charge in [0.1, 0.15) is 0 Å². The van der Waals surface area contributed by atoms with Crippen LogP contribution in [0, 0.1) is 5.21 Å². The Labute approximate surface area is 132 Å². The number of amides is 1. The number of carboxylic acid groups (broad SMARTS) is 1. The Morgan fingerprint density at radius 1 is 1.13 bits per heavy atom. The Kier molecular flexibility index (Phi) is 3.50. The van der Waals surface area contributed by atoms with Crippen LogP contribution in [0.1, 0.15) is 18.1 Å². The van der Waals surface area contributed by atoms with Crippen molar-refractivity contribution in [2.45, 2.75) is 6.92 Å². The summed E-state index contributed by atoms with van der Waals surface area (Å²) in [5.41, 5.74) is 8.97. The molecule has 0 aliphatic carbocycles. The summed E-state index contributed by atoms with van der Waals surface area (Å²) >= 11 is 0. The van der Waals surface area contributed by atoms with Gasteiger partial charge in [0, 0.05) is 16.7 Å². The van der Waals surface area contributed by atoms with E-state index in [0.29, 0.717) is 16.1 Å². The zero-order valence-electron chi connectivity index (χ0n) is 12.4. The molecular weight excluding hydrogens is 294 g/mol. The van der Waals surface area contributed by atoms with Crippen molar-refractivity contribution in [2.24, 2.45) is 5.73 Å². The van der Waals surface area contributed by atoms with E-state index in [1.807, 2.05) is 30.3 Å². The maximum atomic E-state index is 12.4. The average molecular weight is 309 g/mol. The van der Waals surface area contributed by atoms with Crippen molar-refractivity contribution in [3.8, 4) is 0 Å². The van der Waals surface area contributed by atoms with Gasteiger partial charge >= 0.3 is 6.09 Å². The number of anilines is 1. The van der Waals surface area contributed by atoms with Crippen LogP contribution in [-0.4, -0.2) is 21.9 Å². The number of benzene rings is 2. The molecule has 0 saturated carbocycles. The summed E-state index contributed by atoms with van der Waals surface area (Å²) in [5, 5.41) is 22.5. The second kappa shape index (κ2) is 5.49. The summed E-state index contributed by atoms with van der Waals surface area (Å²) in [6.45, 7) is 1.71. The Morgan fingerprint density at radius 3 is 2.39 bits per heavy atom. The number of para-hydroxylation sites is 1. The third-order valence-electron chi connectivity index (χ3n) is 3.79. The van der Waals surface area contributed by atoms with Gasteiger partial charge in [-0.25, -0.2) is 4.79 Å². The van der Waals surface area contributed by atoms with Crippen molar-refractivity contribution in [2.75, 3.05) is 5.01 Å². The lowest BCUT2D eigenvalue weighted by atomic mass is 9.92. The number of hydrogen-bond donors (Lipinski definition) is 2. The molecule has 3 N–H and O–H groups in total. The number of amidine groups is 1. The van der Waals surface area contributed by atoms with E-state index < -0.39 is 6.09 Å². The molecule has 6 heteroatoms. The maximum absolute atomic E-state index is 12.4. The largest absolute Gasteiger partial charge is 0.692 e. The van der Waals surface area contributed by atoms with Crippen molar-refractivity contribution in [1.82, 2.24) is 0 Å². The molecule has 0 aromatic heterocycles. The number of nitrogens with two attached hydrogens (primary N) is 1. The normalized spacial score (nSPS) is 14.6. The van der Waals surface area contributed by atoms with Gasteiger partial charge in [-0.05, 0) is 18.6 Å². The molecular formula is C17H15N3O3. The molecule has 0 bridgehead atoms. The van der Waals surface area contributed by atoms with E-state index >= 15 is 0 Å². The number of nitrogens with zero attached hydrogens (tertiary/aromatic N) is 2. The molecule has 6 nitrogen and oxygen atoms in total. The van der Waals surface area contributed by atoms with Crippen LogP contribution in [0.25, 0.3) is 5.57 Å². The fourth-order valence-corrected chi connectivity index (χ4v) is 2.71. The first-order valence-corrected chi connectivity index (χ1v) is 7.01. The smallest absolute Gasteiger partial charge is 0.448 e. The Bertz CT molecular complexity index is 841. The lowest BCUT2D eigenvalue weighted by Crippen LogP contribution is -2.42. The highest BCUT2D eigenvalue weighted by Crippen LogP contribution is 2.36. The number of hydrazine groups is 1. The molecule has 0 unspecified atom stereocenters. The van der Waals surface area contributed by atoms with Crippen LogP contribution in [0.4, 0.5) is 10.5 Å². The summed E-state index contributed by atoms with van der Waals surface area (Å²) in [4.78, 5) is 11.8. The summed E-state index contributed by atoms with van der Waals surface area (Å²) < 4.78 is 0. The van der Waals surface area contributed by atoms with E-state index in [1.165, 1.54) is 0 Å². The first kappa shape index (κ1) is 14.6. The quantitative estimate of drug-likeness (QED) is 0.626. The topological polar surface area (TPSA) is 92.6 Å². The lowest BCUT2D eigenvalue weighted by molar-refractivity contribution is -0.461. The molecule has 2 aromatic carbocycles. The maximum Gasteiger partial charge on any atom is 0.448 e. The molecule has 0 atom stereocenters. The van der Waals surface area contributed by atoms with Gasteiger partial charge in [-0.3, -0.25) is 5.73 Å². The molecule has 0 radical (unpaired) electrons. The molecule has 1 aliphatic rings. The fraction of sp³-hybridized carbons (Fsp3) is 0.0588. The summed E-state index contributed by atoms with van der Waals surface area (Å²) in [6.07, 6.45) is -1.39. The summed E-state index contributed by atoms with van der Waals surface area (Å²) in [7, 11) is 0. The minimum atomic E-state index is -1.39. The molecule has 0 saturated heterocycles. The Hall–Kier alpha value is -3.28. The molecule has 2 aromatic rings. The van der Waals surface area contributed by atoms with Crippen LogP contribution in [0.2, 0.25) is 0 Å². The number of rotatable bonds is 1. The van der Waals surface area contributed by atoms with Gasteiger partial charge in [-0.2, -0.15) is 0 Å². The third kappa shape index (κ3) is 2.30. The van der Waals surface area contributed by atoms with E-state index in [0.717, 1.165) is 11.1 Å². The lowest BCUT2D eigenvalue weighted by Gasteiger charge is -2.22. The van der Waals surface area contributed by atoms with E-state index in [4.69, 9.17) is 5.73 Å². The second-order valence-corrected chi connectivity index (χ2v) is 5.14. The highest BCUT2D eigenvalue weighted by atomic mass is 16.5. The number of carbonyl (C=O) groups is 1. The summed E-state index contributed by atoms with van der Waals surface area (Å²) in [5.74, 6) is -0.151. The SMILES string of the molecule is CC1=C(c2ccccc2)c2ccccc2N(C(=O)O)[N+]([O-])=C1N. The van der Waals surface area contributed by atoms with Crippen molar-refractivity contribution in [1.29, 1.82) is 0 Å². The Morgan fingerprint density at radius 2 is 1.74 bits per heavy atom. The van der Waals surface area contributed by atoms with Gasteiger partial charge in [0.15, 0.2) is 0 Å². The van der Waals surface area contributed by atoms with Gasteiger partial charge in [0.2, 0.25) is 0 Å². The number of hydrazone groups is 1. The van der Waals surface area contributed by atoms with Crippen LogP contribution < -0.4 is 10.7 Å². The first-order chi connectivity index (χ1) is 11.0. The van der Waals surface area contributed by atoms with Gasteiger partial charge in [-0.1, -0.05) is 48.5 Å². The molecule has 0 fully saturated rings. The van der Waals surface area contributed by atoms with Crippen molar-refractivity contribution in [3.05, 3.63) is 76.5 Å². The van der Waals surface area contributed by atoms with E-state index in [9.17, 15) is 15.1 Å².